The second kappa shape index (κ2) is 4.63. The number of nitrogens with zero attached hydrogens (tertiary/aromatic N) is 1. The minimum atomic E-state index is -1.68. The molecule has 15 heavy (non-hydrogen) atoms. The predicted octanol–water partition coefficient (Wildman–Crippen LogP) is 1.65. The van der Waals surface area contributed by atoms with Crippen molar-refractivity contribution in [1.82, 2.24) is 4.90 Å². The van der Waals surface area contributed by atoms with Gasteiger partial charge in [-0.25, -0.2) is 9.59 Å². The molecule has 1 fully saturated rings. The van der Waals surface area contributed by atoms with Gasteiger partial charge in [-0.15, -0.1) is 0 Å². The Labute approximate surface area is 101 Å². The minimum Gasteiger partial charge on any atom is -0.480 e. The molecule has 1 aliphatic rings. The number of carboxylic acid groups (broad SMARTS) is 1. The van der Waals surface area contributed by atoms with Gasteiger partial charge in [-0.2, -0.15) is 0 Å². The van der Waals surface area contributed by atoms with E-state index in [2.05, 4.69) is 4.74 Å². The predicted molar refractivity (Wildman–Crippen MR) is 54.4 cm³/mol. The minimum absolute atomic E-state index is 0.343. The standard InChI is InChI=1S/C7H8Cl3NO4/c8-7(9,10)3-15-6(14)11-2-1-4(11)5(12)13/h4H,1-3H2,(H,12,13)/t4-/m1/s1. The Morgan fingerprint density at radius 1 is 1.47 bits per heavy atom. The zero-order valence-electron chi connectivity index (χ0n) is 7.45. The first-order valence-corrected chi connectivity index (χ1v) is 5.17. The first-order chi connectivity index (χ1) is 6.81. The molecule has 0 aliphatic carbocycles. The second-order valence-corrected chi connectivity index (χ2v) is 5.52. The van der Waals surface area contributed by atoms with Crippen molar-refractivity contribution in [1.29, 1.82) is 0 Å². The van der Waals surface area contributed by atoms with Crippen LogP contribution < -0.4 is 0 Å². The van der Waals surface area contributed by atoms with Crippen LogP contribution in [0, 0.1) is 0 Å². The molecule has 1 saturated heterocycles. The van der Waals surface area contributed by atoms with Crippen LogP contribution >= 0.6 is 34.8 Å². The molecule has 0 spiro atoms. The van der Waals surface area contributed by atoms with E-state index in [0.29, 0.717) is 13.0 Å². The maximum absolute atomic E-state index is 11.3. The van der Waals surface area contributed by atoms with Crippen LogP contribution in [0.15, 0.2) is 0 Å². The van der Waals surface area contributed by atoms with Crippen LogP contribution in [0.5, 0.6) is 0 Å². The summed E-state index contributed by atoms with van der Waals surface area (Å²) in [4.78, 5) is 22.9. The molecule has 1 aliphatic heterocycles. The molecule has 0 saturated carbocycles. The Bertz CT molecular complexity index is 278. The van der Waals surface area contributed by atoms with Crippen LogP contribution in [-0.4, -0.2) is 45.1 Å². The highest BCUT2D eigenvalue weighted by atomic mass is 35.6. The number of hydrogen-bond acceptors (Lipinski definition) is 3. The lowest BCUT2D eigenvalue weighted by Gasteiger charge is -2.36. The number of rotatable bonds is 2. The van der Waals surface area contributed by atoms with Crippen molar-refractivity contribution < 1.29 is 19.4 Å². The summed E-state index contributed by atoms with van der Waals surface area (Å²) >= 11 is 16.1. The van der Waals surface area contributed by atoms with Gasteiger partial charge in [0.05, 0.1) is 0 Å². The van der Waals surface area contributed by atoms with Gasteiger partial charge in [-0.05, 0) is 6.42 Å². The number of carboxylic acids is 1. The molecule has 1 N–H and O–H groups in total. The third-order valence-electron chi connectivity index (χ3n) is 1.90. The number of amides is 1. The van der Waals surface area contributed by atoms with Crippen LogP contribution in [-0.2, 0) is 9.53 Å². The Morgan fingerprint density at radius 2 is 2.07 bits per heavy atom. The van der Waals surface area contributed by atoms with Crippen molar-refractivity contribution in [3.63, 3.8) is 0 Å². The number of aliphatic carboxylic acids is 1. The number of alkyl halides is 3. The molecule has 5 nitrogen and oxygen atoms in total. The summed E-state index contributed by atoms with van der Waals surface area (Å²) in [5.41, 5.74) is 0. The molecule has 0 bridgehead atoms. The summed E-state index contributed by atoms with van der Waals surface area (Å²) in [7, 11) is 0. The Morgan fingerprint density at radius 3 is 2.40 bits per heavy atom. The van der Waals surface area contributed by atoms with Crippen molar-refractivity contribution >= 4 is 46.9 Å². The molecule has 1 heterocycles. The number of halogens is 3. The van der Waals surface area contributed by atoms with Gasteiger partial charge in [0.25, 0.3) is 0 Å². The molecule has 0 unspecified atom stereocenters. The third kappa shape index (κ3) is 3.59. The number of hydrogen-bond donors (Lipinski definition) is 1. The average molecular weight is 277 g/mol. The van der Waals surface area contributed by atoms with Crippen molar-refractivity contribution in [2.24, 2.45) is 0 Å². The lowest BCUT2D eigenvalue weighted by molar-refractivity contribution is -0.146. The quantitative estimate of drug-likeness (QED) is 0.779. The molecule has 8 heteroatoms. The Kier molecular flexibility index (Phi) is 3.92. The molecule has 1 rings (SSSR count). The normalized spacial score (nSPS) is 20.7. The molecule has 86 valence electrons. The molecule has 0 aromatic carbocycles. The van der Waals surface area contributed by atoms with Crippen molar-refractivity contribution in [2.75, 3.05) is 13.2 Å². The first kappa shape index (κ1) is 12.7. The summed E-state index contributed by atoms with van der Waals surface area (Å²) in [6.45, 7) is -0.0605. The summed E-state index contributed by atoms with van der Waals surface area (Å²) in [6, 6.07) is -0.826. The molecule has 0 aromatic heterocycles. The van der Waals surface area contributed by atoms with Crippen LogP contribution in [0.4, 0.5) is 4.79 Å². The number of carbonyl (C=O) groups is 2. The van der Waals surface area contributed by atoms with Crippen LogP contribution in [0.25, 0.3) is 0 Å². The van der Waals surface area contributed by atoms with Gasteiger partial charge >= 0.3 is 12.1 Å². The van der Waals surface area contributed by atoms with E-state index in [9.17, 15) is 9.59 Å². The van der Waals surface area contributed by atoms with E-state index in [1.165, 1.54) is 0 Å². The van der Waals surface area contributed by atoms with Gasteiger partial charge < -0.3 is 9.84 Å². The van der Waals surface area contributed by atoms with Crippen molar-refractivity contribution in [2.45, 2.75) is 16.3 Å². The van der Waals surface area contributed by atoms with Crippen molar-refractivity contribution in [3.8, 4) is 0 Å². The van der Waals surface area contributed by atoms with Gasteiger partial charge in [-0.3, -0.25) is 4.90 Å². The molecular formula is C7H8Cl3NO4. The monoisotopic (exact) mass is 275 g/mol. The number of carbonyl (C=O) groups excluding carboxylic acids is 1. The summed E-state index contributed by atoms with van der Waals surface area (Å²) in [6.07, 6.45) is -0.363. The van der Waals surface area contributed by atoms with E-state index in [4.69, 9.17) is 39.9 Å². The van der Waals surface area contributed by atoms with Gasteiger partial charge in [0.15, 0.2) is 0 Å². The van der Waals surface area contributed by atoms with E-state index < -0.39 is 28.5 Å². The maximum Gasteiger partial charge on any atom is 0.410 e. The maximum atomic E-state index is 11.3. The fourth-order valence-corrected chi connectivity index (χ4v) is 1.25. The van der Waals surface area contributed by atoms with Crippen molar-refractivity contribution in [3.05, 3.63) is 0 Å². The largest absolute Gasteiger partial charge is 0.480 e. The zero-order valence-corrected chi connectivity index (χ0v) is 9.72. The molecule has 0 radical (unpaired) electrons. The highest BCUT2D eigenvalue weighted by Gasteiger charge is 2.39. The highest BCUT2D eigenvalue weighted by molar-refractivity contribution is 6.67. The molecule has 1 atom stereocenters. The Balaban J connectivity index is 2.39. The SMILES string of the molecule is O=C(O)[C@H]1CCN1C(=O)OCC(Cl)(Cl)Cl. The van der Waals surface area contributed by atoms with E-state index in [0.717, 1.165) is 4.90 Å². The average Bonchev–Trinajstić information content (AvgIpc) is 1.96. The van der Waals surface area contributed by atoms with Gasteiger partial charge in [0.1, 0.15) is 12.6 Å². The fraction of sp³-hybridized carbons (Fsp3) is 0.714. The topological polar surface area (TPSA) is 66.8 Å². The second-order valence-electron chi connectivity index (χ2n) is 3.01. The van der Waals surface area contributed by atoms with Crippen LogP contribution in [0.2, 0.25) is 0 Å². The van der Waals surface area contributed by atoms with Gasteiger partial charge in [-0.1, -0.05) is 34.8 Å². The smallest absolute Gasteiger partial charge is 0.410 e. The molecule has 0 aromatic rings. The van der Waals surface area contributed by atoms with Gasteiger partial charge in [0, 0.05) is 6.54 Å². The van der Waals surface area contributed by atoms with E-state index >= 15 is 0 Å². The fourth-order valence-electron chi connectivity index (χ4n) is 1.09. The summed E-state index contributed by atoms with van der Waals surface area (Å²) in [5, 5.41) is 8.65. The lowest BCUT2D eigenvalue weighted by Crippen LogP contribution is -2.55. The van der Waals surface area contributed by atoms with E-state index in [1.54, 1.807) is 0 Å². The van der Waals surface area contributed by atoms with Gasteiger partial charge in [0.2, 0.25) is 3.79 Å². The summed E-state index contributed by atoms with van der Waals surface area (Å²) < 4.78 is 2.94. The van der Waals surface area contributed by atoms with E-state index in [1.807, 2.05) is 0 Å². The first-order valence-electron chi connectivity index (χ1n) is 4.04. The summed E-state index contributed by atoms with van der Waals surface area (Å²) in [5.74, 6) is -1.06. The molecular weight excluding hydrogens is 268 g/mol. The zero-order chi connectivity index (χ0) is 11.6. The van der Waals surface area contributed by atoms with E-state index in [-0.39, 0.29) is 0 Å². The number of ether oxygens (including phenoxy) is 1. The highest BCUT2D eigenvalue weighted by Crippen LogP contribution is 2.27. The van der Waals surface area contributed by atoms with Crippen LogP contribution in [0.1, 0.15) is 6.42 Å². The molecule has 1 amide bonds. The third-order valence-corrected chi connectivity index (χ3v) is 2.23. The Hall–Kier alpha value is -0.390. The lowest BCUT2D eigenvalue weighted by atomic mass is 10.1. The van der Waals surface area contributed by atoms with Crippen LogP contribution in [0.3, 0.4) is 0 Å². The number of likely N-dealkylation sites (tertiary alicyclic amines) is 1.